The number of benzene rings is 2. The average Bonchev–Trinajstić information content (AvgIpc) is 2.87. The summed E-state index contributed by atoms with van der Waals surface area (Å²) in [6, 6.07) is 7.24. The second kappa shape index (κ2) is 12.2. The maximum Gasteiger partial charge on any atom is 0.337 e. The molecule has 2 aliphatic rings. The number of sulfonamides is 2. The van der Waals surface area contributed by atoms with E-state index in [4.69, 9.17) is 11.6 Å². The minimum atomic E-state index is -4.03. The van der Waals surface area contributed by atoms with Gasteiger partial charge in [0.2, 0.25) is 20.0 Å². The number of carbonyl (C=O) groups excluding carboxylic acids is 1. The number of ether oxygens (including phenoxy) is 1. The Morgan fingerprint density at radius 3 is 2.27 bits per heavy atom. The van der Waals surface area contributed by atoms with Crippen LogP contribution in [0.25, 0.3) is 0 Å². The molecule has 0 spiro atoms. The number of anilines is 1. The van der Waals surface area contributed by atoms with Crippen LogP contribution in [-0.2, 0) is 31.3 Å². The van der Waals surface area contributed by atoms with Crippen LogP contribution >= 0.6 is 11.6 Å². The summed E-state index contributed by atoms with van der Waals surface area (Å²) in [7, 11) is -6.06. The zero-order chi connectivity index (χ0) is 29.2. The molecule has 40 heavy (non-hydrogen) atoms. The van der Waals surface area contributed by atoms with Gasteiger partial charge in [-0.2, -0.15) is 4.31 Å². The van der Waals surface area contributed by atoms with Crippen LogP contribution in [-0.4, -0.2) is 108 Å². The first-order valence-electron chi connectivity index (χ1n) is 12.5. The van der Waals surface area contributed by atoms with Gasteiger partial charge in [-0.3, -0.25) is 14.1 Å². The van der Waals surface area contributed by atoms with Gasteiger partial charge in [-0.25, -0.2) is 30.4 Å². The van der Waals surface area contributed by atoms with E-state index in [1.807, 2.05) is 4.90 Å². The lowest BCUT2D eigenvalue weighted by Gasteiger charge is -2.47. The van der Waals surface area contributed by atoms with Gasteiger partial charge < -0.3 is 4.74 Å². The van der Waals surface area contributed by atoms with Crippen LogP contribution in [0.3, 0.4) is 0 Å². The quantitative estimate of drug-likeness (QED) is 0.372. The first-order valence-corrected chi connectivity index (χ1v) is 16.4. The number of halogens is 3. The van der Waals surface area contributed by atoms with Gasteiger partial charge in [0, 0.05) is 57.4 Å². The number of rotatable bonds is 10. The minimum absolute atomic E-state index is 0.00826. The van der Waals surface area contributed by atoms with E-state index in [1.165, 1.54) is 41.9 Å². The van der Waals surface area contributed by atoms with E-state index < -0.39 is 44.2 Å². The lowest BCUT2D eigenvalue weighted by atomic mass is 10.1. The number of methoxy groups -OCH3 is 1. The lowest BCUT2D eigenvalue weighted by molar-refractivity contribution is 0.0430. The van der Waals surface area contributed by atoms with Crippen molar-refractivity contribution in [3.63, 3.8) is 0 Å². The van der Waals surface area contributed by atoms with E-state index in [0.717, 1.165) is 16.4 Å². The second-order valence-corrected chi connectivity index (χ2v) is 14.2. The van der Waals surface area contributed by atoms with Crippen molar-refractivity contribution in [3.05, 3.63) is 64.2 Å². The first kappa shape index (κ1) is 30.6. The van der Waals surface area contributed by atoms with Crippen molar-refractivity contribution >= 4 is 43.3 Å². The summed E-state index contributed by atoms with van der Waals surface area (Å²) in [4.78, 5) is 15.9. The van der Waals surface area contributed by atoms with Crippen LogP contribution in [0.4, 0.5) is 14.5 Å². The Morgan fingerprint density at radius 2 is 1.70 bits per heavy atom. The van der Waals surface area contributed by atoms with Crippen molar-refractivity contribution in [2.45, 2.75) is 12.6 Å². The Morgan fingerprint density at radius 1 is 1.02 bits per heavy atom. The van der Waals surface area contributed by atoms with Gasteiger partial charge in [0.1, 0.15) is 11.6 Å². The SMILES string of the molecule is COC(=O)c1ccc(CN(c2ccc(F)c(Cl)c2)S(=O)(=O)CCN2CCN(C3CN(S(C)(=O)=O)C3)CC2)c(F)c1. The van der Waals surface area contributed by atoms with Crippen LogP contribution in [0.5, 0.6) is 0 Å². The molecule has 15 heteroatoms. The van der Waals surface area contributed by atoms with Crippen molar-refractivity contribution in [1.29, 1.82) is 0 Å². The predicted octanol–water partition coefficient (Wildman–Crippen LogP) is 2.00. The fourth-order valence-electron chi connectivity index (χ4n) is 4.69. The van der Waals surface area contributed by atoms with E-state index in [1.54, 1.807) is 0 Å². The van der Waals surface area contributed by atoms with Gasteiger partial charge in [0.25, 0.3) is 0 Å². The van der Waals surface area contributed by atoms with Crippen LogP contribution in [0.1, 0.15) is 15.9 Å². The van der Waals surface area contributed by atoms with E-state index in [-0.39, 0.29) is 40.2 Å². The summed E-state index contributed by atoms with van der Waals surface area (Å²) in [6.07, 6.45) is 1.19. The normalized spacial score (nSPS) is 17.9. The Kier molecular flexibility index (Phi) is 9.37. The van der Waals surface area contributed by atoms with Crippen molar-refractivity contribution in [1.82, 2.24) is 14.1 Å². The molecule has 2 fully saturated rings. The highest BCUT2D eigenvalue weighted by Gasteiger charge is 2.38. The molecule has 0 bridgehead atoms. The number of nitrogens with zero attached hydrogens (tertiary/aromatic N) is 4. The Balaban J connectivity index is 1.44. The zero-order valence-corrected chi connectivity index (χ0v) is 24.5. The van der Waals surface area contributed by atoms with E-state index in [2.05, 4.69) is 9.64 Å². The summed E-state index contributed by atoms with van der Waals surface area (Å²) in [6.45, 7) is 3.30. The molecule has 0 radical (unpaired) electrons. The number of esters is 1. The van der Waals surface area contributed by atoms with Crippen molar-refractivity contribution < 1.29 is 35.1 Å². The van der Waals surface area contributed by atoms with Crippen LogP contribution in [0, 0.1) is 11.6 Å². The molecule has 10 nitrogen and oxygen atoms in total. The topological polar surface area (TPSA) is 108 Å². The molecule has 0 saturated carbocycles. The molecule has 2 aromatic rings. The van der Waals surface area contributed by atoms with Gasteiger partial charge in [-0.1, -0.05) is 17.7 Å². The molecule has 2 saturated heterocycles. The minimum Gasteiger partial charge on any atom is -0.465 e. The zero-order valence-electron chi connectivity index (χ0n) is 22.1. The van der Waals surface area contributed by atoms with Gasteiger partial charge in [-0.15, -0.1) is 0 Å². The van der Waals surface area contributed by atoms with Crippen molar-refractivity contribution in [2.24, 2.45) is 0 Å². The van der Waals surface area contributed by atoms with Gasteiger partial charge in [0.05, 0.1) is 41.9 Å². The Labute approximate surface area is 238 Å². The molecule has 0 unspecified atom stereocenters. The lowest BCUT2D eigenvalue weighted by Crippen LogP contribution is -2.64. The number of piperazine rings is 1. The van der Waals surface area contributed by atoms with Gasteiger partial charge in [-0.05, 0) is 30.3 Å². The molecule has 0 N–H and O–H groups in total. The number of carbonyl (C=O) groups is 1. The molecule has 2 aliphatic heterocycles. The molecule has 0 amide bonds. The summed E-state index contributed by atoms with van der Waals surface area (Å²) in [5.74, 6) is -2.53. The fraction of sp³-hybridized carbons (Fsp3) is 0.480. The largest absolute Gasteiger partial charge is 0.465 e. The van der Waals surface area contributed by atoms with E-state index in [9.17, 15) is 30.4 Å². The number of hydrogen-bond donors (Lipinski definition) is 0. The molecule has 2 aromatic carbocycles. The third-order valence-corrected chi connectivity index (χ3v) is 10.4. The molecule has 0 aromatic heterocycles. The van der Waals surface area contributed by atoms with Gasteiger partial charge in [0.15, 0.2) is 0 Å². The van der Waals surface area contributed by atoms with Crippen molar-refractivity contribution in [3.8, 4) is 0 Å². The summed E-state index contributed by atoms with van der Waals surface area (Å²) >= 11 is 5.93. The monoisotopic (exact) mass is 620 g/mol. The van der Waals surface area contributed by atoms with Crippen LogP contribution in [0.15, 0.2) is 36.4 Å². The molecule has 0 atom stereocenters. The summed E-state index contributed by atoms with van der Waals surface area (Å²) in [5.41, 5.74) is 0.0649. The highest BCUT2D eigenvalue weighted by Crippen LogP contribution is 2.28. The molecule has 2 heterocycles. The summed E-state index contributed by atoms with van der Waals surface area (Å²) in [5, 5.41) is -0.277. The fourth-order valence-corrected chi connectivity index (χ4v) is 7.23. The Bertz CT molecular complexity index is 1460. The summed E-state index contributed by atoms with van der Waals surface area (Å²) < 4.78 is 86.1. The molecular weight excluding hydrogens is 590 g/mol. The Hall–Kier alpha value is -2.36. The second-order valence-electron chi connectivity index (χ2n) is 9.83. The van der Waals surface area contributed by atoms with Crippen molar-refractivity contribution in [2.75, 3.05) is 69.2 Å². The van der Waals surface area contributed by atoms with E-state index >= 15 is 0 Å². The third-order valence-electron chi connectivity index (χ3n) is 7.20. The highest BCUT2D eigenvalue weighted by atomic mass is 35.5. The third kappa shape index (κ3) is 7.09. The standard InChI is InChI=1S/C25H31ClF2N4O6S2/c1-38-25(33)18-3-4-19(24(28)13-18)15-32(20-5-6-23(27)22(26)14-20)40(36,37)12-11-29-7-9-30(10-8-29)21-16-31(17-21)39(2,34)35/h3-6,13-14,21H,7-12,15-17H2,1-2H3. The molecule has 4 rings (SSSR count). The van der Waals surface area contributed by atoms with Crippen LogP contribution in [0.2, 0.25) is 5.02 Å². The number of hydrogen-bond acceptors (Lipinski definition) is 8. The highest BCUT2D eigenvalue weighted by molar-refractivity contribution is 7.92. The maximum absolute atomic E-state index is 14.9. The molecule has 0 aliphatic carbocycles. The smallest absolute Gasteiger partial charge is 0.337 e. The maximum atomic E-state index is 14.9. The van der Waals surface area contributed by atoms with E-state index in [0.29, 0.717) is 39.3 Å². The van der Waals surface area contributed by atoms with Crippen LogP contribution < -0.4 is 4.31 Å². The molecular formula is C25H31ClF2N4O6S2. The predicted molar refractivity (Wildman–Crippen MR) is 147 cm³/mol. The van der Waals surface area contributed by atoms with Gasteiger partial charge >= 0.3 is 5.97 Å². The first-order chi connectivity index (χ1) is 18.8. The molecule has 220 valence electrons. The average molecular weight is 621 g/mol.